The second-order valence-corrected chi connectivity index (χ2v) is 12.3. The second-order valence-electron chi connectivity index (χ2n) is 7.58. The van der Waals surface area contributed by atoms with E-state index in [0.29, 0.717) is 12.7 Å². The molecule has 0 radical (unpaired) electrons. The fraction of sp³-hybridized carbons (Fsp3) is 0.750. The van der Waals surface area contributed by atoms with Crippen molar-refractivity contribution < 1.29 is 24.2 Å². The summed E-state index contributed by atoms with van der Waals surface area (Å²) in [6.07, 6.45) is 3.08. The summed E-state index contributed by atoms with van der Waals surface area (Å²) >= 11 is 0. The standard InChI is InChI=1S/C16H28O5Si/c1-16(2,3)22(4,5)21-14-10-13(18)12(9-15(19)20)11(14)7-6-8-17/h6-8,11-14,18H,9-10H2,1-5H3,(H,19,20)/t11-,12-,13+,14-/m1/s1. The zero-order valence-electron chi connectivity index (χ0n) is 14.1. The molecule has 1 fully saturated rings. The van der Waals surface area contributed by atoms with E-state index < -0.39 is 26.3 Å². The van der Waals surface area contributed by atoms with Gasteiger partial charge in [-0.1, -0.05) is 26.8 Å². The molecule has 1 rings (SSSR count). The maximum absolute atomic E-state index is 11.0. The molecule has 0 saturated heterocycles. The molecule has 0 amide bonds. The molecular weight excluding hydrogens is 300 g/mol. The molecule has 0 aliphatic heterocycles. The highest BCUT2D eigenvalue weighted by atomic mass is 28.4. The number of carbonyl (C=O) groups excluding carboxylic acids is 1. The summed E-state index contributed by atoms with van der Waals surface area (Å²) in [5, 5.41) is 19.3. The number of hydrogen-bond donors (Lipinski definition) is 2. The highest BCUT2D eigenvalue weighted by Gasteiger charge is 2.47. The van der Waals surface area contributed by atoms with Gasteiger partial charge >= 0.3 is 5.97 Å². The minimum absolute atomic E-state index is 0.0295. The van der Waals surface area contributed by atoms with Crippen molar-refractivity contribution in [1.29, 1.82) is 0 Å². The molecule has 0 unspecified atom stereocenters. The van der Waals surface area contributed by atoms with Crippen molar-refractivity contribution in [3.05, 3.63) is 12.2 Å². The Morgan fingerprint density at radius 1 is 1.36 bits per heavy atom. The molecular formula is C16H28O5Si. The van der Waals surface area contributed by atoms with Gasteiger partial charge in [-0.2, -0.15) is 0 Å². The Labute approximate surface area is 133 Å². The molecule has 6 heteroatoms. The highest BCUT2D eigenvalue weighted by molar-refractivity contribution is 6.74. The first kappa shape index (κ1) is 19.1. The van der Waals surface area contributed by atoms with Crippen molar-refractivity contribution in [2.75, 3.05) is 0 Å². The largest absolute Gasteiger partial charge is 0.481 e. The molecule has 4 atom stereocenters. The van der Waals surface area contributed by atoms with E-state index in [1.54, 1.807) is 6.08 Å². The van der Waals surface area contributed by atoms with Gasteiger partial charge in [-0.05, 0) is 30.6 Å². The molecule has 0 bridgehead atoms. The number of aldehydes is 1. The maximum atomic E-state index is 11.0. The zero-order valence-corrected chi connectivity index (χ0v) is 15.1. The summed E-state index contributed by atoms with van der Waals surface area (Å²) in [5.41, 5.74) is 0. The topological polar surface area (TPSA) is 83.8 Å². The molecule has 0 aromatic carbocycles. The van der Waals surface area contributed by atoms with E-state index in [1.807, 2.05) is 0 Å². The van der Waals surface area contributed by atoms with Crippen LogP contribution in [0.2, 0.25) is 18.1 Å². The van der Waals surface area contributed by atoms with Crippen LogP contribution in [-0.4, -0.2) is 43.0 Å². The number of aliphatic hydroxyl groups is 1. The fourth-order valence-electron chi connectivity index (χ4n) is 2.70. The lowest BCUT2D eigenvalue weighted by molar-refractivity contribution is -0.139. The number of hydrogen-bond acceptors (Lipinski definition) is 4. The van der Waals surface area contributed by atoms with Crippen LogP contribution in [0.25, 0.3) is 0 Å². The van der Waals surface area contributed by atoms with Crippen molar-refractivity contribution in [1.82, 2.24) is 0 Å². The third kappa shape index (κ3) is 4.51. The van der Waals surface area contributed by atoms with E-state index in [9.17, 15) is 14.7 Å². The molecule has 1 saturated carbocycles. The Morgan fingerprint density at radius 3 is 2.41 bits per heavy atom. The van der Waals surface area contributed by atoms with Gasteiger partial charge < -0.3 is 14.6 Å². The highest BCUT2D eigenvalue weighted by Crippen LogP contribution is 2.43. The average Bonchev–Trinajstić information content (AvgIpc) is 2.60. The van der Waals surface area contributed by atoms with E-state index in [4.69, 9.17) is 9.53 Å². The summed E-state index contributed by atoms with van der Waals surface area (Å²) in [6, 6.07) is 0. The maximum Gasteiger partial charge on any atom is 0.303 e. The number of carbonyl (C=O) groups is 2. The Bertz CT molecular complexity index is 438. The van der Waals surface area contributed by atoms with Gasteiger partial charge in [0.05, 0.1) is 18.6 Å². The summed E-state index contributed by atoms with van der Waals surface area (Å²) < 4.78 is 6.37. The van der Waals surface area contributed by atoms with Crippen LogP contribution in [0.15, 0.2) is 12.2 Å². The van der Waals surface area contributed by atoms with Crippen LogP contribution in [0, 0.1) is 11.8 Å². The van der Waals surface area contributed by atoms with Gasteiger partial charge in [0, 0.05) is 11.8 Å². The van der Waals surface area contributed by atoms with Crippen molar-refractivity contribution in [3.8, 4) is 0 Å². The quantitative estimate of drug-likeness (QED) is 0.445. The zero-order chi connectivity index (χ0) is 17.1. The number of allylic oxidation sites excluding steroid dienone is 1. The number of rotatable bonds is 6. The third-order valence-corrected chi connectivity index (χ3v) is 9.47. The minimum Gasteiger partial charge on any atom is -0.481 e. The molecule has 1 aliphatic rings. The molecule has 0 aromatic rings. The van der Waals surface area contributed by atoms with Gasteiger partial charge in [0.1, 0.15) is 6.29 Å². The Balaban J connectivity index is 2.99. The van der Waals surface area contributed by atoms with Crippen LogP contribution >= 0.6 is 0 Å². The Morgan fingerprint density at radius 2 is 1.95 bits per heavy atom. The van der Waals surface area contributed by atoms with E-state index in [0.717, 1.165) is 0 Å². The van der Waals surface area contributed by atoms with Crippen molar-refractivity contribution >= 4 is 20.6 Å². The Kier molecular flexibility index (Phi) is 6.12. The van der Waals surface area contributed by atoms with Gasteiger partial charge in [0.2, 0.25) is 0 Å². The van der Waals surface area contributed by atoms with E-state index >= 15 is 0 Å². The fourth-order valence-corrected chi connectivity index (χ4v) is 4.06. The van der Waals surface area contributed by atoms with Crippen LogP contribution < -0.4 is 0 Å². The van der Waals surface area contributed by atoms with Crippen LogP contribution in [0.3, 0.4) is 0 Å². The molecule has 0 aromatic heterocycles. The van der Waals surface area contributed by atoms with Crippen LogP contribution in [0.1, 0.15) is 33.6 Å². The predicted octanol–water partition coefficient (Wildman–Crippen LogP) is 2.60. The monoisotopic (exact) mass is 328 g/mol. The van der Waals surface area contributed by atoms with Crippen molar-refractivity contribution in [2.45, 2.75) is 64.0 Å². The van der Waals surface area contributed by atoms with Crippen molar-refractivity contribution in [3.63, 3.8) is 0 Å². The number of carboxylic acids is 1. The predicted molar refractivity (Wildman–Crippen MR) is 87.1 cm³/mol. The second kappa shape index (κ2) is 7.06. The lowest BCUT2D eigenvalue weighted by atomic mass is 9.90. The van der Waals surface area contributed by atoms with Gasteiger partial charge in [0.25, 0.3) is 0 Å². The lowest BCUT2D eigenvalue weighted by Crippen LogP contribution is -2.45. The van der Waals surface area contributed by atoms with Gasteiger partial charge in [-0.25, -0.2) is 0 Å². The molecule has 5 nitrogen and oxygen atoms in total. The van der Waals surface area contributed by atoms with Gasteiger partial charge in [-0.3, -0.25) is 9.59 Å². The van der Waals surface area contributed by atoms with E-state index in [1.165, 1.54) is 6.08 Å². The van der Waals surface area contributed by atoms with E-state index in [2.05, 4.69) is 33.9 Å². The van der Waals surface area contributed by atoms with Crippen LogP contribution in [-0.2, 0) is 14.0 Å². The lowest BCUT2D eigenvalue weighted by Gasteiger charge is -2.39. The number of carboxylic acid groups (broad SMARTS) is 1. The minimum atomic E-state index is -2.03. The van der Waals surface area contributed by atoms with Crippen molar-refractivity contribution in [2.24, 2.45) is 11.8 Å². The van der Waals surface area contributed by atoms with Crippen LogP contribution in [0.4, 0.5) is 0 Å². The molecule has 22 heavy (non-hydrogen) atoms. The molecule has 0 heterocycles. The average molecular weight is 328 g/mol. The van der Waals surface area contributed by atoms with Crippen LogP contribution in [0.5, 0.6) is 0 Å². The summed E-state index contributed by atoms with van der Waals surface area (Å²) in [4.78, 5) is 21.7. The molecule has 1 aliphatic carbocycles. The van der Waals surface area contributed by atoms with Gasteiger partial charge in [0.15, 0.2) is 8.32 Å². The third-order valence-electron chi connectivity index (χ3n) is 4.97. The number of aliphatic carboxylic acids is 1. The van der Waals surface area contributed by atoms with Gasteiger partial charge in [-0.15, -0.1) is 0 Å². The normalized spacial score (nSPS) is 29.9. The first-order valence-corrected chi connectivity index (χ1v) is 10.6. The van der Waals surface area contributed by atoms with E-state index in [-0.39, 0.29) is 23.5 Å². The molecule has 0 spiro atoms. The first-order chi connectivity index (χ1) is 9.99. The summed E-state index contributed by atoms with van der Waals surface area (Å²) in [6.45, 7) is 10.7. The summed E-state index contributed by atoms with van der Waals surface area (Å²) in [5.74, 6) is -1.60. The summed E-state index contributed by atoms with van der Waals surface area (Å²) in [7, 11) is -2.03. The number of aliphatic hydroxyl groups excluding tert-OH is 1. The smallest absolute Gasteiger partial charge is 0.303 e. The first-order valence-electron chi connectivity index (χ1n) is 7.69. The SMILES string of the molecule is CC(C)(C)[Si](C)(C)O[C@@H]1C[C@H](O)[C@H](CC(=O)O)[C@H]1C=CC=O. The molecule has 126 valence electrons. The Hall–Kier alpha value is -0.983. The molecule has 2 N–H and O–H groups in total.